The van der Waals surface area contributed by atoms with Crippen molar-refractivity contribution in [2.24, 2.45) is 28.6 Å². The van der Waals surface area contributed by atoms with Gasteiger partial charge < -0.3 is 45.2 Å². The second-order valence-corrected chi connectivity index (χ2v) is 22.4. The molecule has 2 saturated carbocycles. The summed E-state index contributed by atoms with van der Waals surface area (Å²) in [5, 5.41) is 9.55. The SMILES string of the molecule is COC(=O)NC(C(=O)N1CC2(CC2)CC1c1ncc(-c2ccc(-c3ccc(-c4ccc(-c5cnc(C6CC7(CC7)CN6C(=O)C(NC(=O)OC)C(C)C)[nH]5)cc4)c4c3C3CC(C)CC4N3)cc2)[nH]1)C(C)C. The Morgan fingerprint density at radius 2 is 0.986 bits per heavy atom. The maximum atomic E-state index is 14.0. The van der Waals surface area contributed by atoms with Gasteiger partial charge in [0.2, 0.25) is 11.8 Å². The van der Waals surface area contributed by atoms with E-state index in [0.717, 1.165) is 85.5 Å². The van der Waals surface area contributed by atoms with Crippen molar-refractivity contribution in [3.05, 3.63) is 95.8 Å². The summed E-state index contributed by atoms with van der Waals surface area (Å²) in [5.41, 5.74) is 11.7. The molecule has 6 unspecified atom stereocenters. The fourth-order valence-electron chi connectivity index (χ4n) is 12.4. The van der Waals surface area contributed by atoms with Crippen molar-refractivity contribution in [1.29, 1.82) is 0 Å². The van der Waals surface area contributed by atoms with Crippen LogP contribution in [0.4, 0.5) is 9.59 Å². The zero-order valence-electron chi connectivity index (χ0n) is 41.9. The van der Waals surface area contributed by atoms with Gasteiger partial charge in [-0.25, -0.2) is 19.6 Å². The van der Waals surface area contributed by atoms with E-state index in [2.05, 4.69) is 93.5 Å². The van der Waals surface area contributed by atoms with Gasteiger partial charge in [0.1, 0.15) is 23.7 Å². The van der Waals surface area contributed by atoms with Crippen LogP contribution in [0.3, 0.4) is 0 Å². The summed E-state index contributed by atoms with van der Waals surface area (Å²) < 4.78 is 9.72. The molecule has 3 saturated heterocycles. The van der Waals surface area contributed by atoms with Crippen LogP contribution < -0.4 is 16.0 Å². The standard InChI is InChI=1S/C56H67N9O6/c1-30(2)47(62-53(68)70-6)51(66)64-28-55(18-19-55)24-43(64)49-57-26-41(60-49)35-12-8-33(9-13-35)37-16-17-38(46-40-23-32(5)22-39(59-40)45(37)46)34-10-14-36(15-11-34)42-27-58-50(61-42)44-25-56(20-21-56)29-65(44)52(67)48(31(3)4)63-54(69)71-7/h8-17,26-27,30-32,39-40,43-44,47-48,59H,18-25,28-29H2,1-7H3,(H,57,60)(H,58,61)(H,62,68)(H,63,69). The van der Waals surface area contributed by atoms with Crippen LogP contribution in [0.2, 0.25) is 0 Å². The quantitative estimate of drug-likeness (QED) is 0.0812. The number of likely N-dealkylation sites (tertiary alicyclic amines) is 2. The molecule has 372 valence electrons. The molecule has 5 fully saturated rings. The molecular formula is C56H67N9O6. The van der Waals surface area contributed by atoms with Gasteiger partial charge in [-0.2, -0.15) is 0 Å². The molecule has 6 heterocycles. The first kappa shape index (κ1) is 46.9. The minimum Gasteiger partial charge on any atom is -0.453 e. The topological polar surface area (TPSA) is 187 Å². The van der Waals surface area contributed by atoms with Gasteiger partial charge in [-0.05, 0) is 124 Å². The Labute approximate surface area is 415 Å². The number of hydrogen-bond donors (Lipinski definition) is 5. The molecule has 6 aliphatic rings. The highest BCUT2D eigenvalue weighted by Crippen LogP contribution is 2.60. The first-order valence-corrected chi connectivity index (χ1v) is 25.7. The molecule has 5 aromatic rings. The third-order valence-electron chi connectivity index (χ3n) is 16.8. The average molecular weight is 962 g/mol. The fourth-order valence-corrected chi connectivity index (χ4v) is 12.4. The Balaban J connectivity index is 0.830. The summed E-state index contributed by atoms with van der Waals surface area (Å²) in [4.78, 5) is 73.3. The van der Waals surface area contributed by atoms with Crippen LogP contribution in [0.5, 0.6) is 0 Å². The molecule has 4 aliphatic heterocycles. The summed E-state index contributed by atoms with van der Waals surface area (Å²) >= 11 is 0. The van der Waals surface area contributed by atoms with Gasteiger partial charge in [0, 0.05) is 25.2 Å². The number of ether oxygens (including phenoxy) is 2. The molecule has 15 nitrogen and oxygen atoms in total. The average Bonchev–Trinajstić information content (AvgIpc) is 3.86. The second-order valence-electron chi connectivity index (χ2n) is 22.4. The minimum absolute atomic E-state index is 0.100. The Morgan fingerprint density at radius 3 is 1.34 bits per heavy atom. The van der Waals surface area contributed by atoms with Crippen molar-refractivity contribution in [3.63, 3.8) is 0 Å². The number of carbonyl (C=O) groups is 4. The normalized spacial score (nSPS) is 24.0. The summed E-state index contributed by atoms with van der Waals surface area (Å²) in [7, 11) is 2.63. The first-order valence-electron chi connectivity index (χ1n) is 25.7. The number of piperidine rings is 1. The number of H-pyrrole nitrogens is 2. The van der Waals surface area contributed by atoms with Crippen LogP contribution >= 0.6 is 0 Å². The number of benzene rings is 3. The molecular weight excluding hydrogens is 895 g/mol. The summed E-state index contributed by atoms with van der Waals surface area (Å²) in [6.07, 6.45) is 10.8. The van der Waals surface area contributed by atoms with E-state index in [1.807, 2.05) is 49.9 Å². The van der Waals surface area contributed by atoms with Gasteiger partial charge in [-0.3, -0.25) is 9.59 Å². The lowest BCUT2D eigenvalue weighted by molar-refractivity contribution is -0.136. The summed E-state index contributed by atoms with van der Waals surface area (Å²) in [6.45, 7) is 11.4. The summed E-state index contributed by atoms with van der Waals surface area (Å²) in [5.74, 6) is 1.72. The third kappa shape index (κ3) is 8.67. The van der Waals surface area contributed by atoms with Crippen LogP contribution in [-0.2, 0) is 19.1 Å². The highest BCUT2D eigenvalue weighted by Gasteiger charge is 2.56. The smallest absolute Gasteiger partial charge is 0.407 e. The predicted octanol–water partition coefficient (Wildman–Crippen LogP) is 9.78. The zero-order valence-corrected chi connectivity index (χ0v) is 41.9. The van der Waals surface area contributed by atoms with Gasteiger partial charge in [-0.1, -0.05) is 95.3 Å². The van der Waals surface area contributed by atoms with Crippen molar-refractivity contribution in [2.45, 2.75) is 122 Å². The molecule has 3 aromatic carbocycles. The lowest BCUT2D eigenvalue weighted by atomic mass is 9.86. The number of amides is 4. The number of aromatic nitrogens is 4. The van der Waals surface area contributed by atoms with E-state index >= 15 is 0 Å². The van der Waals surface area contributed by atoms with Crippen molar-refractivity contribution >= 4 is 24.0 Å². The van der Waals surface area contributed by atoms with Crippen LogP contribution in [0, 0.1) is 28.6 Å². The first-order chi connectivity index (χ1) is 34.2. The lowest BCUT2D eigenvalue weighted by Gasteiger charge is -2.30. The highest BCUT2D eigenvalue weighted by molar-refractivity contribution is 5.88. The Kier molecular flexibility index (Phi) is 11.9. The van der Waals surface area contributed by atoms with Crippen LogP contribution in [0.1, 0.15) is 133 Å². The number of alkyl carbamates (subject to hydrolysis) is 2. The number of nitrogens with one attached hydrogen (secondary N) is 5. The maximum Gasteiger partial charge on any atom is 0.407 e. The Bertz CT molecular complexity index is 2670. The van der Waals surface area contributed by atoms with Gasteiger partial charge in [0.05, 0.1) is 50.1 Å². The number of rotatable bonds is 12. The van der Waals surface area contributed by atoms with Gasteiger partial charge in [-0.15, -0.1) is 0 Å². The maximum absolute atomic E-state index is 14.0. The van der Waals surface area contributed by atoms with Crippen LogP contribution in [0.15, 0.2) is 73.1 Å². The van der Waals surface area contributed by atoms with E-state index < -0.39 is 24.3 Å². The fraction of sp³-hybridized carbons (Fsp3) is 0.500. The molecule has 2 bridgehead atoms. The number of nitrogens with zero attached hydrogens (tertiary/aromatic N) is 4. The molecule has 15 heteroatoms. The number of aromatic amines is 2. The van der Waals surface area contributed by atoms with Gasteiger partial charge in [0.25, 0.3) is 0 Å². The number of carbonyl (C=O) groups excluding carboxylic acids is 4. The predicted molar refractivity (Wildman–Crippen MR) is 269 cm³/mol. The highest BCUT2D eigenvalue weighted by atomic mass is 16.5. The molecule has 11 rings (SSSR count). The van der Waals surface area contributed by atoms with Gasteiger partial charge in [0.15, 0.2) is 0 Å². The number of fused-ring (bicyclic) bond motifs is 5. The van der Waals surface area contributed by atoms with Crippen molar-refractivity contribution < 1.29 is 28.7 Å². The van der Waals surface area contributed by atoms with E-state index in [1.54, 1.807) is 0 Å². The number of imidazole rings is 2. The molecule has 2 aliphatic carbocycles. The monoisotopic (exact) mass is 962 g/mol. The zero-order chi connectivity index (χ0) is 49.5. The molecule has 2 spiro atoms. The van der Waals surface area contributed by atoms with Crippen molar-refractivity contribution in [1.82, 2.24) is 45.7 Å². The molecule has 2 aromatic heterocycles. The van der Waals surface area contributed by atoms with Crippen LogP contribution in [0.25, 0.3) is 44.8 Å². The van der Waals surface area contributed by atoms with Crippen molar-refractivity contribution in [3.8, 4) is 44.8 Å². The number of hydrogen-bond acceptors (Lipinski definition) is 9. The van der Waals surface area contributed by atoms with Gasteiger partial charge >= 0.3 is 12.2 Å². The summed E-state index contributed by atoms with van der Waals surface area (Å²) in [6, 6.07) is 20.9. The largest absolute Gasteiger partial charge is 0.453 e. The minimum atomic E-state index is -0.689. The van der Waals surface area contributed by atoms with E-state index in [4.69, 9.17) is 19.4 Å². The Morgan fingerprint density at radius 1 is 0.606 bits per heavy atom. The number of methoxy groups -OCH3 is 2. The molecule has 71 heavy (non-hydrogen) atoms. The Hall–Kier alpha value is -6.48. The molecule has 0 radical (unpaired) electrons. The third-order valence-corrected chi connectivity index (χ3v) is 16.8. The van der Waals surface area contributed by atoms with E-state index in [-0.39, 0.29) is 58.6 Å². The lowest BCUT2D eigenvalue weighted by Crippen LogP contribution is -2.51. The van der Waals surface area contributed by atoms with E-state index in [0.29, 0.717) is 19.0 Å². The van der Waals surface area contributed by atoms with Crippen LogP contribution in [-0.4, -0.2) is 93.1 Å². The molecule has 5 N–H and O–H groups in total. The van der Waals surface area contributed by atoms with E-state index in [1.165, 1.54) is 47.6 Å². The molecule has 6 atom stereocenters. The van der Waals surface area contributed by atoms with E-state index in [9.17, 15) is 19.2 Å². The molecule has 4 amide bonds. The second kappa shape index (κ2) is 18.0. The van der Waals surface area contributed by atoms with Crippen molar-refractivity contribution in [2.75, 3.05) is 27.3 Å².